The van der Waals surface area contributed by atoms with Gasteiger partial charge in [-0.15, -0.1) is 6.42 Å². The molecule has 0 saturated heterocycles. The Labute approximate surface area is 131 Å². The highest BCUT2D eigenvalue weighted by atomic mass is 19.1. The lowest BCUT2D eigenvalue weighted by Gasteiger charge is -2.14. The van der Waals surface area contributed by atoms with E-state index < -0.39 is 17.6 Å². The molecule has 23 heavy (non-hydrogen) atoms. The summed E-state index contributed by atoms with van der Waals surface area (Å²) in [6, 6.07) is 5.59. The molecule has 4 nitrogen and oxygen atoms in total. The van der Waals surface area contributed by atoms with Crippen molar-refractivity contribution in [3.63, 3.8) is 0 Å². The quantitative estimate of drug-likeness (QED) is 0.308. The number of anilines is 1. The first-order valence-electron chi connectivity index (χ1n) is 6.67. The predicted molar refractivity (Wildman–Crippen MR) is 81.1 cm³/mol. The summed E-state index contributed by atoms with van der Waals surface area (Å²) in [5.41, 5.74) is 6.81. The average Bonchev–Trinajstić information content (AvgIpc) is 2.45. The molecule has 2 aromatic rings. The van der Waals surface area contributed by atoms with Gasteiger partial charge in [0.25, 0.3) is 0 Å². The molecule has 0 aliphatic rings. The van der Waals surface area contributed by atoms with E-state index in [4.69, 9.17) is 21.6 Å². The number of halogens is 2. The molecule has 0 bridgehead atoms. The molecule has 0 radical (unpaired) electrons. The van der Waals surface area contributed by atoms with Crippen molar-refractivity contribution in [1.82, 2.24) is 0 Å². The van der Waals surface area contributed by atoms with Crippen molar-refractivity contribution in [1.29, 1.82) is 0 Å². The van der Waals surface area contributed by atoms with Crippen molar-refractivity contribution in [2.45, 2.75) is 13.3 Å². The standard InChI is InChI=1S/C17H13F2NO3/c1-3-14-15(20)8-13(23-17(21)4-2)9-16(14)22-12-6-10(18)5-11(19)7-12/h2,5-9H,3,20H2,1H3. The molecule has 2 rings (SSSR count). The lowest BCUT2D eigenvalue weighted by molar-refractivity contribution is -0.128. The third-order valence-corrected chi connectivity index (χ3v) is 2.96. The lowest BCUT2D eigenvalue weighted by Crippen LogP contribution is -2.06. The third-order valence-electron chi connectivity index (χ3n) is 2.96. The van der Waals surface area contributed by atoms with Crippen LogP contribution in [0.2, 0.25) is 0 Å². The molecule has 2 N–H and O–H groups in total. The van der Waals surface area contributed by atoms with Crippen LogP contribution in [0.25, 0.3) is 0 Å². The summed E-state index contributed by atoms with van der Waals surface area (Å²) in [6.07, 6.45) is 5.44. The maximum Gasteiger partial charge on any atom is 0.389 e. The number of esters is 1. The number of carbonyl (C=O) groups is 1. The van der Waals surface area contributed by atoms with Crippen LogP contribution in [0.4, 0.5) is 14.5 Å². The fourth-order valence-electron chi connectivity index (χ4n) is 2.02. The van der Waals surface area contributed by atoms with Crippen LogP contribution in [0, 0.1) is 24.0 Å². The number of ether oxygens (including phenoxy) is 2. The van der Waals surface area contributed by atoms with Crippen LogP contribution in [0.15, 0.2) is 30.3 Å². The van der Waals surface area contributed by atoms with Gasteiger partial charge in [0, 0.05) is 47.5 Å². The summed E-state index contributed by atoms with van der Waals surface area (Å²) in [7, 11) is 0. The van der Waals surface area contributed by atoms with Gasteiger partial charge in [0.1, 0.15) is 28.9 Å². The first kappa shape index (κ1) is 16.3. The van der Waals surface area contributed by atoms with Gasteiger partial charge in [0.15, 0.2) is 0 Å². The third kappa shape index (κ3) is 3.98. The minimum Gasteiger partial charge on any atom is -0.457 e. The predicted octanol–water partition coefficient (Wildman–Crippen LogP) is 3.44. The Morgan fingerprint density at radius 1 is 1.17 bits per heavy atom. The van der Waals surface area contributed by atoms with Crippen LogP contribution < -0.4 is 15.2 Å². The summed E-state index contributed by atoms with van der Waals surface area (Å²) in [5, 5.41) is 0. The molecule has 0 aliphatic carbocycles. The zero-order valence-electron chi connectivity index (χ0n) is 12.2. The van der Waals surface area contributed by atoms with Crippen LogP contribution in [0.3, 0.4) is 0 Å². The fourth-order valence-corrected chi connectivity index (χ4v) is 2.02. The first-order valence-corrected chi connectivity index (χ1v) is 6.67. The molecule has 0 saturated carbocycles. The first-order chi connectivity index (χ1) is 10.9. The Kier molecular flexibility index (Phi) is 4.82. The fraction of sp³-hybridized carbons (Fsp3) is 0.118. The van der Waals surface area contributed by atoms with E-state index in [-0.39, 0.29) is 17.2 Å². The molecule has 0 fully saturated rings. The van der Waals surface area contributed by atoms with E-state index in [2.05, 4.69) is 0 Å². The monoisotopic (exact) mass is 317 g/mol. The largest absolute Gasteiger partial charge is 0.457 e. The molecule has 0 amide bonds. The molecule has 0 atom stereocenters. The minimum atomic E-state index is -0.892. The Bertz CT molecular complexity index is 777. The topological polar surface area (TPSA) is 61.5 Å². The van der Waals surface area contributed by atoms with Gasteiger partial charge in [-0.25, -0.2) is 13.6 Å². The molecule has 0 heterocycles. The van der Waals surface area contributed by atoms with Crippen LogP contribution in [0.5, 0.6) is 17.2 Å². The zero-order valence-corrected chi connectivity index (χ0v) is 12.2. The van der Waals surface area contributed by atoms with E-state index in [1.54, 1.807) is 5.92 Å². The van der Waals surface area contributed by atoms with E-state index in [0.717, 1.165) is 18.2 Å². The summed E-state index contributed by atoms with van der Waals surface area (Å²) in [4.78, 5) is 11.2. The highest BCUT2D eigenvalue weighted by Crippen LogP contribution is 2.34. The smallest absolute Gasteiger partial charge is 0.389 e. The van der Waals surface area contributed by atoms with Crippen LogP contribution >= 0.6 is 0 Å². The number of hydrogen-bond acceptors (Lipinski definition) is 4. The number of hydrogen-bond donors (Lipinski definition) is 1. The summed E-state index contributed by atoms with van der Waals surface area (Å²) in [6.45, 7) is 1.83. The highest BCUT2D eigenvalue weighted by Gasteiger charge is 2.13. The Morgan fingerprint density at radius 3 is 2.39 bits per heavy atom. The van der Waals surface area contributed by atoms with E-state index in [1.807, 2.05) is 6.92 Å². The second-order valence-corrected chi connectivity index (χ2v) is 4.58. The number of rotatable bonds is 4. The van der Waals surface area contributed by atoms with Gasteiger partial charge in [-0.2, -0.15) is 0 Å². The lowest BCUT2D eigenvalue weighted by atomic mass is 10.1. The molecule has 0 aliphatic heterocycles. The molecule has 0 aromatic heterocycles. The molecular weight excluding hydrogens is 304 g/mol. The average molecular weight is 317 g/mol. The van der Waals surface area contributed by atoms with Crippen molar-refractivity contribution in [2.24, 2.45) is 0 Å². The van der Waals surface area contributed by atoms with Crippen LogP contribution in [-0.4, -0.2) is 5.97 Å². The van der Waals surface area contributed by atoms with E-state index in [1.165, 1.54) is 12.1 Å². The van der Waals surface area contributed by atoms with Gasteiger partial charge in [0.05, 0.1) is 0 Å². The van der Waals surface area contributed by atoms with E-state index in [0.29, 0.717) is 17.7 Å². The number of nitrogens with two attached hydrogens (primary N) is 1. The van der Waals surface area contributed by atoms with E-state index >= 15 is 0 Å². The minimum absolute atomic E-state index is 0.0444. The normalized spacial score (nSPS) is 10.0. The van der Waals surface area contributed by atoms with Crippen molar-refractivity contribution >= 4 is 11.7 Å². The number of benzene rings is 2. The maximum absolute atomic E-state index is 13.3. The zero-order chi connectivity index (χ0) is 17.0. The van der Waals surface area contributed by atoms with Gasteiger partial charge in [-0.3, -0.25) is 0 Å². The second-order valence-electron chi connectivity index (χ2n) is 4.58. The number of terminal acetylenes is 1. The molecular formula is C17H13F2NO3. The Balaban J connectivity index is 2.42. The Morgan fingerprint density at radius 2 is 1.83 bits per heavy atom. The van der Waals surface area contributed by atoms with E-state index in [9.17, 15) is 13.6 Å². The van der Waals surface area contributed by atoms with Gasteiger partial charge in [-0.1, -0.05) is 6.92 Å². The van der Waals surface area contributed by atoms with Gasteiger partial charge < -0.3 is 15.2 Å². The molecule has 0 spiro atoms. The Hall–Kier alpha value is -3.07. The summed E-state index contributed by atoms with van der Waals surface area (Å²) in [5.74, 6) is -0.389. The van der Waals surface area contributed by atoms with Gasteiger partial charge in [-0.05, 0) is 6.42 Å². The van der Waals surface area contributed by atoms with Crippen molar-refractivity contribution in [3.8, 4) is 29.6 Å². The molecule has 0 unspecified atom stereocenters. The van der Waals surface area contributed by atoms with Crippen LogP contribution in [-0.2, 0) is 11.2 Å². The molecule has 118 valence electrons. The van der Waals surface area contributed by atoms with Gasteiger partial charge in [0.2, 0.25) is 0 Å². The van der Waals surface area contributed by atoms with Gasteiger partial charge >= 0.3 is 5.97 Å². The van der Waals surface area contributed by atoms with Crippen molar-refractivity contribution in [2.75, 3.05) is 5.73 Å². The number of nitrogen functional groups attached to an aromatic ring is 1. The summed E-state index contributed by atoms with van der Waals surface area (Å²) >= 11 is 0. The SMILES string of the molecule is C#CC(=O)Oc1cc(N)c(CC)c(Oc2cc(F)cc(F)c2)c1. The van der Waals surface area contributed by atoms with Crippen molar-refractivity contribution < 1.29 is 23.0 Å². The number of carbonyl (C=O) groups excluding carboxylic acids is 1. The summed E-state index contributed by atoms with van der Waals surface area (Å²) < 4.78 is 36.9. The second kappa shape index (κ2) is 6.79. The molecule has 6 heteroatoms. The van der Waals surface area contributed by atoms with Crippen LogP contribution in [0.1, 0.15) is 12.5 Å². The molecule has 2 aromatic carbocycles. The van der Waals surface area contributed by atoms with Crippen molar-refractivity contribution in [3.05, 3.63) is 47.5 Å². The maximum atomic E-state index is 13.3. The highest BCUT2D eigenvalue weighted by molar-refractivity contribution is 5.89.